The normalized spacial score (nSPS) is 13.2. The number of carbonyl (C=O) groups is 4. The average Bonchev–Trinajstić information content (AvgIpc) is 2.87. The van der Waals surface area contributed by atoms with Crippen molar-refractivity contribution in [1.29, 1.82) is 0 Å². The number of thiophene rings is 1. The van der Waals surface area contributed by atoms with Crippen molar-refractivity contribution in [3.8, 4) is 0 Å². The molecule has 0 bridgehead atoms. The molecule has 0 saturated heterocycles. The molecule has 2 rings (SSSR count). The number of anilines is 1. The number of aryl methyl sites for hydroxylation is 1. The minimum Gasteiger partial charge on any atom is -0.462 e. The van der Waals surface area contributed by atoms with Crippen LogP contribution in [0.1, 0.15) is 52.3 Å². The van der Waals surface area contributed by atoms with Gasteiger partial charge in [0.2, 0.25) is 0 Å². The number of nitrogens with one attached hydrogen (secondary N) is 1. The van der Waals surface area contributed by atoms with Gasteiger partial charge >= 0.3 is 17.8 Å². The Balaban J connectivity index is 2.38. The third-order valence-corrected chi connectivity index (χ3v) is 4.40. The third-order valence-electron chi connectivity index (χ3n) is 3.24. The van der Waals surface area contributed by atoms with Gasteiger partial charge in [-0.25, -0.2) is 9.59 Å². The Morgan fingerprint density at radius 1 is 1.13 bits per heavy atom. The van der Waals surface area contributed by atoms with Gasteiger partial charge in [-0.05, 0) is 26.7 Å². The van der Waals surface area contributed by atoms with Crippen LogP contribution in [0.3, 0.4) is 0 Å². The highest BCUT2D eigenvalue weighted by molar-refractivity contribution is 7.17. The summed E-state index contributed by atoms with van der Waals surface area (Å²) in [6.45, 7) is 3.44. The molecule has 0 fully saturated rings. The summed E-state index contributed by atoms with van der Waals surface area (Å²) in [5.74, 6) is -2.86. The van der Waals surface area contributed by atoms with Gasteiger partial charge in [-0.1, -0.05) is 0 Å². The molecule has 1 aliphatic carbocycles. The molecule has 1 N–H and O–H groups in total. The number of hydrogen-bond donors (Lipinski definition) is 1. The van der Waals surface area contributed by atoms with Crippen LogP contribution in [0.5, 0.6) is 0 Å². The number of fused-ring (bicyclic) bond motifs is 1. The van der Waals surface area contributed by atoms with Crippen LogP contribution >= 0.6 is 11.3 Å². The first-order chi connectivity index (χ1) is 11.0. The van der Waals surface area contributed by atoms with Crippen LogP contribution in [0.4, 0.5) is 5.00 Å². The zero-order valence-corrected chi connectivity index (χ0v) is 13.7. The summed E-state index contributed by atoms with van der Waals surface area (Å²) in [7, 11) is 0. The molecule has 1 aliphatic rings. The lowest BCUT2D eigenvalue weighted by atomic mass is 9.94. The summed E-state index contributed by atoms with van der Waals surface area (Å²) in [4.78, 5) is 48.3. The quantitative estimate of drug-likeness (QED) is 0.665. The lowest BCUT2D eigenvalue weighted by molar-refractivity contribution is -0.152. The molecule has 1 aromatic heterocycles. The van der Waals surface area contributed by atoms with Crippen LogP contribution in [0.2, 0.25) is 0 Å². The Labute approximate surface area is 137 Å². The van der Waals surface area contributed by atoms with E-state index >= 15 is 0 Å². The van der Waals surface area contributed by atoms with E-state index in [2.05, 4.69) is 10.1 Å². The lowest BCUT2D eigenvalue weighted by Gasteiger charge is -2.11. The van der Waals surface area contributed by atoms with Crippen LogP contribution < -0.4 is 5.32 Å². The van der Waals surface area contributed by atoms with E-state index in [1.54, 1.807) is 13.8 Å². The number of ether oxygens (including phenoxy) is 2. The number of rotatable bonds is 4. The summed E-state index contributed by atoms with van der Waals surface area (Å²) in [5.41, 5.74) is 0.341. The zero-order chi connectivity index (χ0) is 17.0. The summed E-state index contributed by atoms with van der Waals surface area (Å²) < 4.78 is 9.60. The number of Topliss-reactive ketones (excluding diaryl/α,β-unsaturated/α-hetero) is 1. The van der Waals surface area contributed by atoms with Crippen LogP contribution in [-0.2, 0) is 25.5 Å². The third kappa shape index (κ3) is 3.58. The highest BCUT2D eigenvalue weighted by Gasteiger charge is 2.32. The zero-order valence-electron chi connectivity index (χ0n) is 12.9. The average molecular weight is 339 g/mol. The summed E-state index contributed by atoms with van der Waals surface area (Å²) in [6.07, 6.45) is 1.69. The van der Waals surface area contributed by atoms with Gasteiger partial charge in [0.05, 0.1) is 13.2 Å². The molecule has 0 unspecified atom stereocenters. The van der Waals surface area contributed by atoms with E-state index in [9.17, 15) is 19.2 Å². The molecule has 0 saturated carbocycles. The van der Waals surface area contributed by atoms with Gasteiger partial charge in [-0.2, -0.15) is 0 Å². The van der Waals surface area contributed by atoms with Crippen molar-refractivity contribution in [2.75, 3.05) is 18.5 Å². The molecule has 0 radical (unpaired) electrons. The highest BCUT2D eigenvalue weighted by Crippen LogP contribution is 2.38. The van der Waals surface area contributed by atoms with E-state index in [0.29, 0.717) is 24.8 Å². The van der Waals surface area contributed by atoms with Gasteiger partial charge in [0.15, 0.2) is 5.78 Å². The fourth-order valence-electron chi connectivity index (χ4n) is 2.32. The number of carbonyl (C=O) groups excluding carboxylic acids is 4. The van der Waals surface area contributed by atoms with E-state index in [4.69, 9.17) is 4.74 Å². The predicted molar refractivity (Wildman–Crippen MR) is 82.8 cm³/mol. The molecular weight excluding hydrogens is 322 g/mol. The Hall–Kier alpha value is -2.22. The molecule has 0 aliphatic heterocycles. The van der Waals surface area contributed by atoms with Crippen molar-refractivity contribution in [2.45, 2.75) is 33.1 Å². The van der Waals surface area contributed by atoms with Crippen molar-refractivity contribution in [3.05, 3.63) is 16.0 Å². The van der Waals surface area contributed by atoms with E-state index < -0.39 is 17.8 Å². The molecule has 0 spiro atoms. The molecule has 1 amide bonds. The molecule has 0 atom stereocenters. The van der Waals surface area contributed by atoms with Crippen LogP contribution in [0.15, 0.2) is 0 Å². The molecule has 1 aromatic rings. The Kier molecular flexibility index (Phi) is 5.49. The molecule has 0 aromatic carbocycles. The molecular formula is C15H17NO6S. The van der Waals surface area contributed by atoms with E-state index in [1.807, 2.05) is 0 Å². The second-order valence-corrected chi connectivity index (χ2v) is 5.88. The molecule has 124 valence electrons. The second kappa shape index (κ2) is 7.36. The van der Waals surface area contributed by atoms with Crippen LogP contribution in [0.25, 0.3) is 0 Å². The first kappa shape index (κ1) is 17.1. The topological polar surface area (TPSA) is 98.8 Å². The minimum absolute atomic E-state index is 0.0363. The number of esters is 2. The van der Waals surface area contributed by atoms with Gasteiger partial charge in [-0.3, -0.25) is 9.59 Å². The molecule has 1 heterocycles. The second-order valence-electron chi connectivity index (χ2n) is 4.78. The van der Waals surface area contributed by atoms with Gasteiger partial charge in [0.1, 0.15) is 10.6 Å². The highest BCUT2D eigenvalue weighted by atomic mass is 32.1. The maximum atomic E-state index is 12.2. The Bertz CT molecular complexity index is 663. The summed E-state index contributed by atoms with van der Waals surface area (Å²) >= 11 is 1.12. The minimum atomic E-state index is -1.04. The fraction of sp³-hybridized carbons (Fsp3) is 0.467. The smallest absolute Gasteiger partial charge is 0.397 e. The number of amides is 1. The van der Waals surface area contributed by atoms with Gasteiger partial charge < -0.3 is 14.8 Å². The van der Waals surface area contributed by atoms with Gasteiger partial charge in [-0.15, -0.1) is 11.3 Å². The van der Waals surface area contributed by atoms with Crippen LogP contribution in [0, 0.1) is 0 Å². The standard InChI is InChI=1S/C15H17NO6S/c1-3-21-14(19)11-10-8(17)6-5-7-9(10)23-13(11)16-12(18)15(20)22-4-2/h3-7H2,1-2H3,(H,16,18). The molecule has 8 heteroatoms. The summed E-state index contributed by atoms with van der Waals surface area (Å²) in [6, 6.07) is 0. The van der Waals surface area contributed by atoms with E-state index in [1.165, 1.54) is 0 Å². The van der Waals surface area contributed by atoms with Crippen molar-refractivity contribution in [1.82, 2.24) is 0 Å². The van der Waals surface area contributed by atoms with Crippen molar-refractivity contribution in [2.24, 2.45) is 0 Å². The fourth-order valence-corrected chi connectivity index (χ4v) is 3.56. The maximum absolute atomic E-state index is 12.2. The number of hydrogen-bond acceptors (Lipinski definition) is 7. The first-order valence-electron chi connectivity index (χ1n) is 7.33. The van der Waals surface area contributed by atoms with Crippen molar-refractivity contribution in [3.63, 3.8) is 0 Å². The summed E-state index contributed by atoms with van der Waals surface area (Å²) in [5, 5.41) is 2.52. The molecule has 23 heavy (non-hydrogen) atoms. The van der Waals surface area contributed by atoms with E-state index in [-0.39, 0.29) is 29.6 Å². The van der Waals surface area contributed by atoms with E-state index in [0.717, 1.165) is 16.2 Å². The Morgan fingerprint density at radius 2 is 1.83 bits per heavy atom. The predicted octanol–water partition coefficient (Wildman–Crippen LogP) is 1.95. The largest absolute Gasteiger partial charge is 0.462 e. The lowest BCUT2D eigenvalue weighted by Crippen LogP contribution is -2.25. The molecule has 7 nitrogen and oxygen atoms in total. The van der Waals surface area contributed by atoms with Gasteiger partial charge in [0, 0.05) is 16.9 Å². The van der Waals surface area contributed by atoms with Crippen LogP contribution in [-0.4, -0.2) is 36.8 Å². The van der Waals surface area contributed by atoms with Gasteiger partial charge in [0.25, 0.3) is 0 Å². The Morgan fingerprint density at radius 3 is 2.48 bits per heavy atom. The first-order valence-corrected chi connectivity index (χ1v) is 8.15. The maximum Gasteiger partial charge on any atom is 0.397 e. The monoisotopic (exact) mass is 339 g/mol. The van der Waals surface area contributed by atoms with Crippen molar-refractivity contribution < 1.29 is 28.7 Å². The SMILES string of the molecule is CCOC(=O)C(=O)Nc1sc2c(c1C(=O)OCC)C(=O)CCC2. The number of ketones is 1. The van der Waals surface area contributed by atoms with Crippen molar-refractivity contribution >= 4 is 40.0 Å².